The van der Waals surface area contributed by atoms with Crippen LogP contribution in [0.2, 0.25) is 0 Å². The molecule has 0 aromatic heterocycles. The molecule has 1 heterocycles. The van der Waals surface area contributed by atoms with E-state index in [1.165, 1.54) is 172 Å². The van der Waals surface area contributed by atoms with Gasteiger partial charge in [0.15, 0.2) is 14.7 Å². The van der Waals surface area contributed by atoms with Gasteiger partial charge >= 0.3 is 11.9 Å². The smallest absolute Gasteiger partial charge is 0.335 e. The molecule has 1 fully saturated rings. The molecule has 444 valence electrons. The first-order chi connectivity index (χ1) is 38.9. The van der Waals surface area contributed by atoms with Crippen LogP contribution in [0.1, 0.15) is 211 Å². The number of hydrogen-bond donors (Lipinski definition) is 2. The average molecular weight is 1120 g/mol. The Morgan fingerprint density at radius 2 is 0.950 bits per heavy atom. The molecule has 5 aromatic rings. The SMILES string of the molecule is CC(C)c1cccc(C(C)C)c1N.CCCCCCCCCCCC(=O)OCCN1CCOCC1.CCCCCN(CCCCC)CCCCC.O=C(O)c1ccccc1[O-].c1ccc([S+](c2ccccc2)c2ccccc2)cc1. The van der Waals surface area contributed by atoms with Gasteiger partial charge in [0.05, 0.1) is 29.7 Å². The summed E-state index contributed by atoms with van der Waals surface area (Å²) in [7, 11) is -0.0146. The minimum absolute atomic E-state index is 0.0146. The zero-order valence-electron chi connectivity index (χ0n) is 51.0. The summed E-state index contributed by atoms with van der Waals surface area (Å²) in [6.07, 6.45) is 24.5. The number of ether oxygens (including phenoxy) is 2. The molecular weight excluding hydrogens is 1010 g/mol. The Morgan fingerprint density at radius 1 is 0.562 bits per heavy atom. The molecule has 0 atom stereocenters. The Balaban J connectivity index is 0.000000350. The monoisotopic (exact) mass is 1120 g/mol. The summed E-state index contributed by atoms with van der Waals surface area (Å²) in [5.74, 6) is -0.630. The lowest BCUT2D eigenvalue weighted by molar-refractivity contribution is -0.268. The molecule has 3 N–H and O–H groups in total. The van der Waals surface area contributed by atoms with Gasteiger partial charge in [-0.15, -0.1) is 0 Å². The van der Waals surface area contributed by atoms with E-state index in [2.05, 4.69) is 174 Å². The number of benzene rings is 5. The van der Waals surface area contributed by atoms with Gasteiger partial charge in [-0.3, -0.25) is 9.69 Å². The third kappa shape index (κ3) is 32.3. The summed E-state index contributed by atoms with van der Waals surface area (Å²) in [5, 5.41) is 19.0. The van der Waals surface area contributed by atoms with Crippen molar-refractivity contribution in [2.75, 3.05) is 64.8 Å². The van der Waals surface area contributed by atoms with Crippen LogP contribution >= 0.6 is 0 Å². The van der Waals surface area contributed by atoms with Crippen molar-refractivity contribution in [2.24, 2.45) is 0 Å². The van der Waals surface area contributed by atoms with Gasteiger partial charge in [-0.2, -0.15) is 0 Å². The van der Waals surface area contributed by atoms with Gasteiger partial charge in [-0.05, 0) is 111 Å². The van der Waals surface area contributed by atoms with Crippen LogP contribution in [-0.4, -0.2) is 85.9 Å². The molecular formula is C70H107N3O6S. The van der Waals surface area contributed by atoms with Crippen LogP contribution in [0.25, 0.3) is 0 Å². The number of nitrogen functional groups attached to an aromatic ring is 1. The minimum Gasteiger partial charge on any atom is -0.872 e. The van der Waals surface area contributed by atoms with Crippen molar-refractivity contribution in [3.63, 3.8) is 0 Å². The summed E-state index contributed by atoms with van der Waals surface area (Å²) in [5.41, 5.74) is 9.43. The fourth-order valence-electron chi connectivity index (χ4n) is 9.19. The second kappa shape index (κ2) is 46.5. The number of aromatic carboxylic acids is 1. The van der Waals surface area contributed by atoms with Gasteiger partial charge < -0.3 is 30.3 Å². The first-order valence-electron chi connectivity index (χ1n) is 30.8. The number of nitrogens with two attached hydrogens (primary N) is 1. The number of hydrogen-bond acceptors (Lipinski definition) is 8. The highest BCUT2D eigenvalue weighted by molar-refractivity contribution is 7.97. The number of para-hydroxylation sites is 2. The number of carboxylic acids is 1. The Hall–Kier alpha value is -5.13. The Morgan fingerprint density at radius 3 is 1.34 bits per heavy atom. The molecule has 6 rings (SSSR count). The van der Waals surface area contributed by atoms with Crippen molar-refractivity contribution in [1.29, 1.82) is 0 Å². The van der Waals surface area contributed by atoms with E-state index < -0.39 is 11.7 Å². The molecule has 80 heavy (non-hydrogen) atoms. The first-order valence-corrected chi connectivity index (χ1v) is 32.1. The first kappa shape index (κ1) is 71.0. The number of nitrogens with zero attached hydrogens (tertiary/aromatic N) is 2. The molecule has 1 aliphatic heterocycles. The van der Waals surface area contributed by atoms with Crippen molar-refractivity contribution < 1.29 is 29.3 Å². The van der Waals surface area contributed by atoms with Gasteiger partial charge in [0.2, 0.25) is 0 Å². The predicted molar refractivity (Wildman–Crippen MR) is 338 cm³/mol. The number of rotatable bonds is 31. The second-order valence-electron chi connectivity index (χ2n) is 21.4. The lowest BCUT2D eigenvalue weighted by Gasteiger charge is -2.26. The van der Waals surface area contributed by atoms with Crippen LogP contribution in [0.15, 0.2) is 148 Å². The van der Waals surface area contributed by atoms with E-state index in [1.54, 1.807) is 0 Å². The summed E-state index contributed by atoms with van der Waals surface area (Å²) in [6, 6.07) is 44.0. The third-order valence-corrected chi connectivity index (χ3v) is 16.2. The maximum Gasteiger partial charge on any atom is 0.335 e. The maximum absolute atomic E-state index is 11.6. The minimum atomic E-state index is -1.18. The Labute approximate surface area is 489 Å². The average Bonchev–Trinajstić information content (AvgIpc) is 3.46. The van der Waals surface area contributed by atoms with Crippen molar-refractivity contribution in [1.82, 2.24) is 9.80 Å². The van der Waals surface area contributed by atoms with Crippen molar-refractivity contribution in [3.05, 3.63) is 150 Å². The Bertz CT molecular complexity index is 2110. The summed E-state index contributed by atoms with van der Waals surface area (Å²) in [4.78, 5) is 30.9. The summed E-state index contributed by atoms with van der Waals surface area (Å²) < 4.78 is 10.6. The number of carboxylic acid groups (broad SMARTS) is 1. The fourth-order valence-corrected chi connectivity index (χ4v) is 11.3. The molecule has 1 saturated heterocycles. The molecule has 1 aliphatic rings. The van der Waals surface area contributed by atoms with E-state index in [4.69, 9.17) is 20.3 Å². The number of morpholine rings is 1. The van der Waals surface area contributed by atoms with Crippen LogP contribution in [0.5, 0.6) is 5.75 Å². The lowest BCUT2D eigenvalue weighted by Crippen LogP contribution is -2.38. The molecule has 0 aliphatic carbocycles. The van der Waals surface area contributed by atoms with Gasteiger partial charge in [-0.1, -0.05) is 242 Å². The topological polar surface area (TPSA) is 128 Å². The van der Waals surface area contributed by atoms with E-state index in [0.29, 0.717) is 24.9 Å². The van der Waals surface area contributed by atoms with Crippen LogP contribution in [-0.2, 0) is 25.2 Å². The zero-order valence-corrected chi connectivity index (χ0v) is 51.8. The second-order valence-corrected chi connectivity index (χ2v) is 23.4. The number of carbonyl (C=O) groups is 2. The number of esters is 1. The highest BCUT2D eigenvalue weighted by atomic mass is 32.2. The number of unbranched alkanes of at least 4 members (excludes halogenated alkanes) is 14. The highest BCUT2D eigenvalue weighted by Crippen LogP contribution is 2.31. The molecule has 5 aromatic carbocycles. The normalized spacial score (nSPS) is 12.1. The van der Waals surface area contributed by atoms with Crippen molar-refractivity contribution >= 4 is 28.5 Å². The molecule has 0 unspecified atom stereocenters. The van der Waals surface area contributed by atoms with E-state index in [9.17, 15) is 14.7 Å². The number of carbonyl (C=O) groups excluding carboxylic acids is 1. The molecule has 0 radical (unpaired) electrons. The van der Waals surface area contributed by atoms with Crippen LogP contribution in [0, 0.1) is 0 Å². The molecule has 9 nitrogen and oxygen atoms in total. The highest BCUT2D eigenvalue weighted by Gasteiger charge is 2.27. The lowest BCUT2D eigenvalue weighted by atomic mass is 9.93. The number of anilines is 1. The molecule has 10 heteroatoms. The quantitative estimate of drug-likeness (QED) is 0.0193. The molecule has 0 spiro atoms. The maximum atomic E-state index is 11.6. The fraction of sp³-hybridized carbons (Fsp3) is 0.543. The standard InChI is InChI=1S/C18H35NO3.C18H15S.C15H33N.C12H19N.C7H6O3/c1-2-3-4-5-6-7-8-9-10-11-18(20)22-17-14-19-12-15-21-16-13-19;1-4-10-16(11-5-1)19(17-12-6-2-7-13-17)18-14-8-3-9-15-18;1-4-7-10-13-16(14-11-8-5-2)15-12-9-6-3;1-8(2)10-6-5-7-11(9(3)4)12(10)13;8-6-4-2-1-3-5(6)7(9)10/h2-17H2,1H3;1-15H;4-15H2,1-3H3;5-9H,13H2,1-4H3;1-4,8H,(H,9,10)/q;+1;;;/p-1. The summed E-state index contributed by atoms with van der Waals surface area (Å²) in [6.45, 7) is 26.7. The van der Waals surface area contributed by atoms with Crippen LogP contribution < -0.4 is 10.8 Å². The molecule has 0 bridgehead atoms. The van der Waals surface area contributed by atoms with Crippen LogP contribution in [0.4, 0.5) is 5.69 Å². The molecule has 0 amide bonds. The van der Waals surface area contributed by atoms with E-state index in [0.717, 1.165) is 51.4 Å². The van der Waals surface area contributed by atoms with E-state index in [-0.39, 0.29) is 22.4 Å². The summed E-state index contributed by atoms with van der Waals surface area (Å²) >= 11 is 0. The Kier molecular flexibility index (Phi) is 41.2. The van der Waals surface area contributed by atoms with Gasteiger partial charge in [0, 0.05) is 31.7 Å². The zero-order chi connectivity index (χ0) is 58.4. The van der Waals surface area contributed by atoms with Crippen molar-refractivity contribution in [3.8, 4) is 5.75 Å². The van der Waals surface area contributed by atoms with Gasteiger partial charge in [-0.25, -0.2) is 4.79 Å². The van der Waals surface area contributed by atoms with E-state index in [1.807, 2.05) is 0 Å². The van der Waals surface area contributed by atoms with Gasteiger partial charge in [0.25, 0.3) is 0 Å². The predicted octanol–water partition coefficient (Wildman–Crippen LogP) is 17.4. The largest absolute Gasteiger partial charge is 0.872 e. The third-order valence-electron chi connectivity index (χ3n) is 14.0. The van der Waals surface area contributed by atoms with Gasteiger partial charge in [0.1, 0.15) is 6.61 Å². The molecule has 0 saturated carbocycles. The van der Waals surface area contributed by atoms with Crippen molar-refractivity contribution in [2.45, 2.75) is 204 Å². The van der Waals surface area contributed by atoms with E-state index >= 15 is 0 Å². The van der Waals surface area contributed by atoms with Crippen LogP contribution in [0.3, 0.4) is 0 Å².